The molecule has 0 bridgehead atoms. The number of rotatable bonds is 15. The van der Waals surface area contributed by atoms with Crippen molar-refractivity contribution in [1.82, 2.24) is 10.2 Å². The van der Waals surface area contributed by atoms with Crippen molar-refractivity contribution in [3.05, 3.63) is 167 Å². The Morgan fingerprint density at radius 1 is 0.686 bits per heavy atom. The fourth-order valence-electron chi connectivity index (χ4n) is 6.47. The van der Waals surface area contributed by atoms with Crippen LogP contribution in [0, 0.1) is 0 Å². The topological polar surface area (TPSA) is 108 Å². The number of hydrogen-bond donors (Lipinski definition) is 3. The van der Waals surface area contributed by atoms with Gasteiger partial charge in [0.25, 0.3) is 0 Å². The first-order valence-electron chi connectivity index (χ1n) is 17.4. The number of nitrogens with zero attached hydrogens (tertiary/aromatic N) is 1. The number of nitrogens with one attached hydrogen (secondary N) is 1. The van der Waals surface area contributed by atoms with Gasteiger partial charge in [-0.15, -0.1) is 0 Å². The number of benzene rings is 5. The Labute approximate surface area is 299 Å². The average molecular weight is 685 g/mol. The smallest absolute Gasteiger partial charge is 0.303 e. The maximum atomic E-state index is 12.2. The number of ether oxygens (including phenoxy) is 2. The van der Waals surface area contributed by atoms with Gasteiger partial charge in [-0.05, 0) is 38.9 Å². The monoisotopic (exact) mass is 684 g/mol. The lowest BCUT2D eigenvalue weighted by molar-refractivity contribution is -0.253. The van der Waals surface area contributed by atoms with E-state index in [1.807, 2.05) is 84.9 Å². The molecule has 262 valence electrons. The molecule has 1 heterocycles. The maximum Gasteiger partial charge on any atom is 0.303 e. The molecular formula is C43H44N2O6. The zero-order valence-electron chi connectivity index (χ0n) is 28.6. The molecule has 3 N–H and O–H groups in total. The van der Waals surface area contributed by atoms with Gasteiger partial charge in [-0.1, -0.05) is 133 Å². The first-order chi connectivity index (χ1) is 24.9. The Bertz CT molecular complexity index is 1810. The lowest BCUT2D eigenvalue weighted by atomic mass is 9.97. The second kappa shape index (κ2) is 17.7. The molecule has 0 radical (unpaired) electrons. The normalized spacial score (nSPS) is 17.3. The third kappa shape index (κ3) is 10.2. The van der Waals surface area contributed by atoms with E-state index in [2.05, 4.69) is 58.7 Å². The van der Waals surface area contributed by atoms with Crippen molar-refractivity contribution in [2.45, 2.75) is 64.0 Å². The van der Waals surface area contributed by atoms with E-state index in [0.29, 0.717) is 19.5 Å². The Kier molecular flexibility index (Phi) is 12.4. The molecule has 1 aliphatic rings. The second-order valence-electron chi connectivity index (χ2n) is 12.9. The van der Waals surface area contributed by atoms with Crippen LogP contribution in [0.2, 0.25) is 0 Å². The van der Waals surface area contributed by atoms with Crippen molar-refractivity contribution in [3.8, 4) is 11.1 Å². The minimum atomic E-state index is -0.995. The van der Waals surface area contributed by atoms with E-state index in [4.69, 9.17) is 14.6 Å². The van der Waals surface area contributed by atoms with Crippen molar-refractivity contribution >= 4 is 11.9 Å². The first-order valence-corrected chi connectivity index (χ1v) is 17.4. The lowest BCUT2D eigenvalue weighted by Crippen LogP contribution is -2.39. The van der Waals surface area contributed by atoms with E-state index >= 15 is 0 Å². The van der Waals surface area contributed by atoms with Gasteiger partial charge in [0.2, 0.25) is 5.91 Å². The van der Waals surface area contributed by atoms with Crippen LogP contribution in [-0.2, 0) is 45.3 Å². The molecule has 1 fully saturated rings. The maximum absolute atomic E-state index is 12.2. The van der Waals surface area contributed by atoms with E-state index in [-0.39, 0.29) is 37.6 Å². The zero-order chi connectivity index (χ0) is 35.4. The molecule has 3 atom stereocenters. The van der Waals surface area contributed by atoms with Crippen molar-refractivity contribution < 1.29 is 29.3 Å². The standard InChI is InChI=1S/C43H44N2O6/c46-30-33-15-17-35(18-16-33)40-25-38(29-45(27-31-9-3-1-4-10-31)28-32-11-5-2-6-12-32)50-43(51-40)36-21-19-34(20-22-36)39-14-8-7-13-37(39)26-44-41(47)23-24-42(48)49/h1-22,38,40,43,46H,23-30H2,(H,44,47)(H,48,49). The molecule has 6 rings (SSSR count). The Balaban J connectivity index is 1.22. The van der Waals surface area contributed by atoms with Gasteiger partial charge in [-0.3, -0.25) is 14.5 Å². The summed E-state index contributed by atoms with van der Waals surface area (Å²) in [5, 5.41) is 21.4. The predicted molar refractivity (Wildman–Crippen MR) is 196 cm³/mol. The van der Waals surface area contributed by atoms with Crippen LogP contribution in [0.15, 0.2) is 133 Å². The van der Waals surface area contributed by atoms with Crippen LogP contribution in [0.1, 0.15) is 65.0 Å². The molecule has 0 aliphatic carbocycles. The molecule has 8 nitrogen and oxygen atoms in total. The molecule has 1 saturated heterocycles. The molecule has 0 aromatic heterocycles. The number of hydrogen-bond acceptors (Lipinski definition) is 6. The summed E-state index contributed by atoms with van der Waals surface area (Å²) in [6.45, 7) is 2.56. The van der Waals surface area contributed by atoms with Gasteiger partial charge in [0.05, 0.1) is 25.2 Å². The highest BCUT2D eigenvalue weighted by Crippen LogP contribution is 2.39. The summed E-state index contributed by atoms with van der Waals surface area (Å²) >= 11 is 0. The van der Waals surface area contributed by atoms with Crippen LogP contribution >= 0.6 is 0 Å². The van der Waals surface area contributed by atoms with Gasteiger partial charge in [-0.2, -0.15) is 0 Å². The summed E-state index contributed by atoms with van der Waals surface area (Å²) in [6, 6.07) is 44.9. The van der Waals surface area contributed by atoms with Gasteiger partial charge < -0.3 is 25.0 Å². The van der Waals surface area contributed by atoms with Gasteiger partial charge in [0, 0.05) is 44.6 Å². The highest BCUT2D eigenvalue weighted by Gasteiger charge is 2.33. The van der Waals surface area contributed by atoms with Crippen LogP contribution in [0.3, 0.4) is 0 Å². The fourth-order valence-corrected chi connectivity index (χ4v) is 6.47. The molecule has 5 aromatic rings. The lowest BCUT2D eigenvalue weighted by Gasteiger charge is -2.38. The van der Waals surface area contributed by atoms with E-state index < -0.39 is 12.3 Å². The quantitative estimate of drug-likeness (QED) is 0.104. The summed E-state index contributed by atoms with van der Waals surface area (Å²) in [4.78, 5) is 25.5. The van der Waals surface area contributed by atoms with E-state index in [9.17, 15) is 14.7 Å². The number of aliphatic carboxylic acids is 1. The fraction of sp³-hybridized carbons (Fsp3) is 0.256. The molecule has 0 saturated carbocycles. The molecule has 8 heteroatoms. The number of aliphatic hydroxyl groups is 1. The van der Waals surface area contributed by atoms with E-state index in [0.717, 1.165) is 46.5 Å². The highest BCUT2D eigenvalue weighted by atomic mass is 16.7. The third-order valence-corrected chi connectivity index (χ3v) is 9.13. The van der Waals surface area contributed by atoms with Gasteiger partial charge in [-0.25, -0.2) is 0 Å². The van der Waals surface area contributed by atoms with Gasteiger partial charge in [0.15, 0.2) is 6.29 Å². The molecular weight excluding hydrogens is 640 g/mol. The Hall–Kier alpha value is -5.12. The number of carbonyl (C=O) groups excluding carboxylic acids is 1. The highest BCUT2D eigenvalue weighted by molar-refractivity contribution is 5.80. The largest absolute Gasteiger partial charge is 0.481 e. The number of aliphatic hydroxyl groups excluding tert-OH is 1. The van der Waals surface area contributed by atoms with Crippen LogP contribution in [-0.4, -0.2) is 39.6 Å². The molecule has 3 unspecified atom stereocenters. The summed E-state index contributed by atoms with van der Waals surface area (Å²) < 4.78 is 13.4. The molecule has 51 heavy (non-hydrogen) atoms. The van der Waals surface area contributed by atoms with Crippen LogP contribution in [0.4, 0.5) is 0 Å². The second-order valence-corrected chi connectivity index (χ2v) is 12.9. The van der Waals surface area contributed by atoms with Crippen molar-refractivity contribution in [3.63, 3.8) is 0 Å². The van der Waals surface area contributed by atoms with Crippen molar-refractivity contribution in [1.29, 1.82) is 0 Å². The number of carbonyl (C=O) groups is 2. The van der Waals surface area contributed by atoms with Gasteiger partial charge in [0.1, 0.15) is 0 Å². The summed E-state index contributed by atoms with van der Waals surface area (Å²) in [7, 11) is 0. The van der Waals surface area contributed by atoms with Crippen molar-refractivity contribution in [2.75, 3.05) is 6.54 Å². The molecule has 0 spiro atoms. The Morgan fingerprint density at radius 3 is 1.92 bits per heavy atom. The number of amides is 1. The number of carboxylic acids is 1. The van der Waals surface area contributed by atoms with Crippen LogP contribution in [0.5, 0.6) is 0 Å². The van der Waals surface area contributed by atoms with Crippen molar-refractivity contribution in [2.24, 2.45) is 0 Å². The minimum Gasteiger partial charge on any atom is -0.481 e. The van der Waals surface area contributed by atoms with E-state index in [1.165, 1.54) is 11.1 Å². The minimum absolute atomic E-state index is 0.0132. The molecule has 5 aromatic carbocycles. The first kappa shape index (κ1) is 35.7. The predicted octanol–water partition coefficient (Wildman–Crippen LogP) is 7.57. The third-order valence-electron chi connectivity index (χ3n) is 9.13. The van der Waals surface area contributed by atoms with Crippen LogP contribution < -0.4 is 5.32 Å². The summed E-state index contributed by atoms with van der Waals surface area (Å²) in [5.74, 6) is -1.29. The summed E-state index contributed by atoms with van der Waals surface area (Å²) in [5.41, 5.74) is 8.16. The molecule has 1 aliphatic heterocycles. The van der Waals surface area contributed by atoms with Gasteiger partial charge >= 0.3 is 5.97 Å². The average Bonchev–Trinajstić information content (AvgIpc) is 3.17. The SMILES string of the molecule is O=C(O)CCC(=O)NCc1ccccc1-c1ccc(C2OC(CN(Cc3ccccc3)Cc3ccccc3)CC(c3ccc(CO)cc3)O2)cc1. The Morgan fingerprint density at radius 2 is 1.29 bits per heavy atom. The zero-order valence-corrected chi connectivity index (χ0v) is 28.6. The number of carboxylic acid groups (broad SMARTS) is 1. The molecule has 1 amide bonds. The van der Waals surface area contributed by atoms with Crippen LogP contribution in [0.25, 0.3) is 11.1 Å². The van der Waals surface area contributed by atoms with E-state index in [1.54, 1.807) is 0 Å². The summed E-state index contributed by atoms with van der Waals surface area (Å²) in [6.07, 6.45) is -0.505.